The van der Waals surface area contributed by atoms with Gasteiger partial charge in [-0.15, -0.1) is 0 Å². The number of halogens is 1. The Balaban J connectivity index is 1.52. The van der Waals surface area contributed by atoms with Crippen LogP contribution in [0.25, 0.3) is 16.9 Å². The van der Waals surface area contributed by atoms with Gasteiger partial charge in [-0.05, 0) is 29.3 Å². The van der Waals surface area contributed by atoms with Crippen molar-refractivity contribution in [3.63, 3.8) is 0 Å². The van der Waals surface area contributed by atoms with E-state index in [4.69, 9.17) is 14.7 Å². The van der Waals surface area contributed by atoms with Crippen LogP contribution in [0.4, 0.5) is 10.2 Å². The third-order valence-corrected chi connectivity index (χ3v) is 5.59. The number of ether oxygens (including phenoxy) is 1. The van der Waals surface area contributed by atoms with Crippen molar-refractivity contribution >= 4 is 22.6 Å². The lowest BCUT2D eigenvalue weighted by Crippen LogP contribution is -2.19. The maximum absolute atomic E-state index is 13.6. The lowest BCUT2D eigenvalue weighted by Gasteiger charge is -2.20. The maximum atomic E-state index is 13.6. The molecule has 1 aliphatic rings. The van der Waals surface area contributed by atoms with Crippen molar-refractivity contribution in [2.75, 3.05) is 11.9 Å². The monoisotopic (exact) mass is 446 g/mol. The maximum Gasteiger partial charge on any atom is 0.253 e. The molecule has 3 heterocycles. The summed E-state index contributed by atoms with van der Waals surface area (Å²) in [5.74, 6) is 0.755. The lowest BCUT2D eigenvalue weighted by molar-refractivity contribution is -0.119. The van der Waals surface area contributed by atoms with E-state index in [9.17, 15) is 9.18 Å². The van der Waals surface area contributed by atoms with Crippen LogP contribution in [-0.2, 0) is 35.6 Å². The highest BCUT2D eigenvalue weighted by atomic mass is 19.1. The van der Waals surface area contributed by atoms with E-state index in [1.807, 2.05) is 24.3 Å². The van der Waals surface area contributed by atoms with Crippen LogP contribution in [0.2, 0.25) is 0 Å². The van der Waals surface area contributed by atoms with Gasteiger partial charge in [-0.3, -0.25) is 4.79 Å². The Kier molecular flexibility index (Phi) is 5.70. The zero-order valence-electron chi connectivity index (χ0n) is 18.1. The van der Waals surface area contributed by atoms with Crippen LogP contribution >= 0.6 is 0 Å². The first kappa shape index (κ1) is 21.0. The van der Waals surface area contributed by atoms with Gasteiger partial charge in [-0.25, -0.2) is 9.37 Å². The van der Waals surface area contributed by atoms with Crippen molar-refractivity contribution in [1.82, 2.24) is 25.1 Å². The van der Waals surface area contributed by atoms with Crippen LogP contribution in [0.5, 0.6) is 0 Å². The van der Waals surface area contributed by atoms with Gasteiger partial charge in [0.1, 0.15) is 11.6 Å². The van der Waals surface area contributed by atoms with Crippen molar-refractivity contribution < 1.29 is 13.9 Å². The summed E-state index contributed by atoms with van der Waals surface area (Å²) < 4.78 is 20.9. The van der Waals surface area contributed by atoms with Crippen molar-refractivity contribution in [1.29, 1.82) is 0 Å². The second-order valence-electron chi connectivity index (χ2n) is 7.90. The number of rotatable bonds is 6. The number of aromatic nitrogens is 4. The Morgan fingerprint density at radius 2 is 2.06 bits per heavy atom. The summed E-state index contributed by atoms with van der Waals surface area (Å²) in [6.07, 6.45) is 2.45. The molecule has 0 radical (unpaired) electrons. The molecule has 9 heteroatoms. The van der Waals surface area contributed by atoms with Gasteiger partial charge in [0.2, 0.25) is 5.91 Å². The Labute approximate surface area is 189 Å². The van der Waals surface area contributed by atoms with Gasteiger partial charge in [-0.1, -0.05) is 24.3 Å². The fraction of sp³-hybridized carbons (Fsp3) is 0.250. The second kappa shape index (κ2) is 8.95. The van der Waals surface area contributed by atoms with Gasteiger partial charge >= 0.3 is 0 Å². The SMILES string of the molecule is CC(=O)NCc1cccc2c1cnn2-c1nc2c(c(NCc3cccc(F)c3)n1)CCOC2. The summed E-state index contributed by atoms with van der Waals surface area (Å²) in [6, 6.07) is 12.3. The lowest BCUT2D eigenvalue weighted by atomic mass is 10.1. The minimum Gasteiger partial charge on any atom is -0.375 e. The smallest absolute Gasteiger partial charge is 0.253 e. The van der Waals surface area contributed by atoms with Crippen molar-refractivity contribution in [3.05, 3.63) is 76.9 Å². The fourth-order valence-corrected chi connectivity index (χ4v) is 3.96. The van der Waals surface area contributed by atoms with Crippen molar-refractivity contribution in [2.45, 2.75) is 33.0 Å². The van der Waals surface area contributed by atoms with E-state index in [0.29, 0.717) is 44.5 Å². The topological polar surface area (TPSA) is 94.0 Å². The Bertz CT molecular complexity index is 1340. The number of fused-ring (bicyclic) bond motifs is 2. The molecule has 1 amide bonds. The molecular weight excluding hydrogens is 423 g/mol. The quantitative estimate of drug-likeness (QED) is 0.472. The Morgan fingerprint density at radius 1 is 1.18 bits per heavy atom. The predicted molar refractivity (Wildman–Crippen MR) is 121 cm³/mol. The molecule has 0 spiro atoms. The highest BCUT2D eigenvalue weighted by Crippen LogP contribution is 2.26. The van der Waals surface area contributed by atoms with Gasteiger partial charge in [0, 0.05) is 37.4 Å². The molecule has 1 aliphatic heterocycles. The molecule has 0 atom stereocenters. The molecule has 0 bridgehead atoms. The highest BCUT2D eigenvalue weighted by molar-refractivity contribution is 5.84. The minimum atomic E-state index is -0.272. The highest BCUT2D eigenvalue weighted by Gasteiger charge is 2.20. The number of benzene rings is 2. The van der Waals surface area contributed by atoms with Crippen LogP contribution in [0, 0.1) is 5.82 Å². The number of nitrogens with zero attached hydrogens (tertiary/aromatic N) is 4. The third-order valence-electron chi connectivity index (χ3n) is 5.59. The average Bonchev–Trinajstić information content (AvgIpc) is 3.26. The number of anilines is 1. The molecule has 0 saturated heterocycles. The molecule has 4 aromatic rings. The van der Waals surface area contributed by atoms with Crippen LogP contribution in [-0.4, -0.2) is 32.3 Å². The summed E-state index contributed by atoms with van der Waals surface area (Å²) in [4.78, 5) is 20.9. The van der Waals surface area contributed by atoms with Crippen LogP contribution in [0.3, 0.4) is 0 Å². The Morgan fingerprint density at radius 3 is 2.91 bits per heavy atom. The predicted octanol–water partition coefficient (Wildman–Crippen LogP) is 3.28. The molecule has 0 fully saturated rings. The molecule has 0 aliphatic carbocycles. The normalized spacial score (nSPS) is 13.0. The molecule has 33 heavy (non-hydrogen) atoms. The first-order valence-electron chi connectivity index (χ1n) is 10.7. The first-order chi connectivity index (χ1) is 16.1. The van der Waals surface area contributed by atoms with Crippen LogP contribution < -0.4 is 10.6 Å². The molecule has 0 unspecified atom stereocenters. The third kappa shape index (κ3) is 4.40. The van der Waals surface area contributed by atoms with Crippen molar-refractivity contribution in [3.8, 4) is 5.95 Å². The minimum absolute atomic E-state index is 0.0913. The number of nitrogens with one attached hydrogen (secondary N) is 2. The molecule has 8 nitrogen and oxygen atoms in total. The summed E-state index contributed by atoms with van der Waals surface area (Å²) in [5, 5.41) is 11.6. The van der Waals surface area contributed by atoms with E-state index in [1.54, 1.807) is 16.9 Å². The number of carbonyl (C=O) groups is 1. The summed E-state index contributed by atoms with van der Waals surface area (Å²) >= 11 is 0. The molecule has 2 aromatic carbocycles. The zero-order chi connectivity index (χ0) is 22.8. The fourth-order valence-electron chi connectivity index (χ4n) is 3.96. The number of amides is 1. The van der Waals surface area contributed by atoms with Gasteiger partial charge in [0.05, 0.1) is 30.6 Å². The number of carbonyl (C=O) groups excluding carboxylic acids is 1. The molecule has 2 aromatic heterocycles. The molecule has 168 valence electrons. The van der Waals surface area contributed by atoms with E-state index in [-0.39, 0.29) is 11.7 Å². The summed E-state index contributed by atoms with van der Waals surface area (Å²) in [7, 11) is 0. The van der Waals surface area contributed by atoms with E-state index in [1.165, 1.54) is 19.1 Å². The van der Waals surface area contributed by atoms with E-state index in [2.05, 4.69) is 15.7 Å². The van der Waals surface area contributed by atoms with E-state index >= 15 is 0 Å². The van der Waals surface area contributed by atoms with Gasteiger partial charge in [0.15, 0.2) is 0 Å². The van der Waals surface area contributed by atoms with Gasteiger partial charge in [-0.2, -0.15) is 14.8 Å². The first-order valence-corrected chi connectivity index (χ1v) is 10.7. The van der Waals surface area contributed by atoms with E-state index < -0.39 is 0 Å². The Hall–Kier alpha value is -3.85. The van der Waals surface area contributed by atoms with E-state index in [0.717, 1.165) is 33.3 Å². The average molecular weight is 446 g/mol. The standard InChI is InChI=1S/C24H23FN6O2/c1-15(32)26-12-17-5-3-7-22-20(17)13-28-31(22)24-29-21-14-33-9-8-19(21)23(30-24)27-11-16-4-2-6-18(25)10-16/h2-7,10,13H,8-9,11-12,14H2,1H3,(H,26,32)(H,27,29,30). The molecular formula is C24H23FN6O2. The second-order valence-corrected chi connectivity index (χ2v) is 7.90. The number of hydrogen-bond donors (Lipinski definition) is 2. The van der Waals surface area contributed by atoms with Crippen LogP contribution in [0.1, 0.15) is 29.3 Å². The largest absolute Gasteiger partial charge is 0.375 e. The van der Waals surface area contributed by atoms with Gasteiger partial charge < -0.3 is 15.4 Å². The van der Waals surface area contributed by atoms with Crippen molar-refractivity contribution in [2.24, 2.45) is 0 Å². The number of hydrogen-bond acceptors (Lipinski definition) is 6. The van der Waals surface area contributed by atoms with Crippen LogP contribution in [0.15, 0.2) is 48.7 Å². The summed E-state index contributed by atoms with van der Waals surface area (Å²) in [6.45, 7) is 3.33. The molecule has 0 saturated carbocycles. The molecule has 2 N–H and O–H groups in total. The summed E-state index contributed by atoms with van der Waals surface area (Å²) in [5.41, 5.74) is 4.43. The molecule has 5 rings (SSSR count). The van der Waals surface area contributed by atoms with Gasteiger partial charge in [0.25, 0.3) is 5.95 Å². The zero-order valence-corrected chi connectivity index (χ0v) is 18.1.